The van der Waals surface area contributed by atoms with Gasteiger partial charge in [-0.2, -0.15) is 0 Å². The fourth-order valence-corrected chi connectivity index (χ4v) is 0.605. The van der Waals surface area contributed by atoms with Crippen LogP contribution in [0, 0.1) is 6.92 Å². The van der Waals surface area contributed by atoms with Crippen LogP contribution in [0.4, 0.5) is 0 Å². The predicted molar refractivity (Wildman–Crippen MR) is 29.3 cm³/mol. The summed E-state index contributed by atoms with van der Waals surface area (Å²) in [5.74, 6) is 0. The van der Waals surface area contributed by atoms with E-state index in [1.807, 2.05) is 20.0 Å². The van der Waals surface area contributed by atoms with E-state index in [2.05, 4.69) is 0 Å². The van der Waals surface area contributed by atoms with E-state index < -0.39 is 0 Å². The highest BCUT2D eigenvalue weighted by molar-refractivity contribution is 4.91. The second-order valence-electron chi connectivity index (χ2n) is 1.83. The highest BCUT2D eigenvalue weighted by Gasteiger charge is 1.99. The Balaban J connectivity index is 2.84. The highest BCUT2D eigenvalue weighted by atomic mass is 16.5. The van der Waals surface area contributed by atoms with E-state index in [9.17, 15) is 0 Å². The molecule has 0 N–H and O–H groups in total. The molecule has 1 aromatic heterocycles. The summed E-state index contributed by atoms with van der Waals surface area (Å²) < 4.78 is 6.82. The van der Waals surface area contributed by atoms with E-state index in [4.69, 9.17) is 4.52 Å². The van der Waals surface area contributed by atoms with E-state index in [0.29, 0.717) is 0 Å². The normalized spacial score (nSPS) is 9.75. The van der Waals surface area contributed by atoms with Crippen LogP contribution in [0.3, 0.4) is 0 Å². The molecule has 1 heterocycles. The molecule has 0 aliphatic heterocycles. The van der Waals surface area contributed by atoms with Gasteiger partial charge in [0.2, 0.25) is 6.20 Å². The van der Waals surface area contributed by atoms with Gasteiger partial charge in [-0.25, -0.2) is 4.52 Å². The van der Waals surface area contributed by atoms with Crippen molar-refractivity contribution in [1.82, 2.24) is 0 Å². The van der Waals surface area contributed by atoms with Crippen molar-refractivity contribution in [2.24, 2.45) is 0 Å². The SMILES string of the molecule is CC[n+]1cc(C)co1. The lowest BCUT2D eigenvalue weighted by molar-refractivity contribution is -0.861. The van der Waals surface area contributed by atoms with Crippen molar-refractivity contribution >= 4 is 0 Å². The molecule has 1 rings (SSSR count). The standard InChI is InChI=1S/C6H10NO/c1-3-7-4-6(2)5-8-7/h4-5H,3H2,1-2H3/q+1. The minimum absolute atomic E-state index is 0.911. The summed E-state index contributed by atoms with van der Waals surface area (Å²) in [7, 11) is 0. The molecule has 0 saturated heterocycles. The number of nitrogens with zero attached hydrogens (tertiary/aromatic N) is 1. The van der Waals surface area contributed by atoms with Gasteiger partial charge in [0, 0.05) is 0 Å². The molecule has 2 heteroatoms. The minimum atomic E-state index is 0.911. The second kappa shape index (κ2) is 1.99. The molecule has 1 aromatic rings. The molecule has 0 atom stereocenters. The lowest BCUT2D eigenvalue weighted by Gasteiger charge is -1.72. The summed E-state index contributed by atoms with van der Waals surface area (Å²) in [5.41, 5.74) is 1.17. The number of aromatic nitrogens is 1. The van der Waals surface area contributed by atoms with Crippen molar-refractivity contribution in [3.05, 3.63) is 18.0 Å². The third-order valence-electron chi connectivity index (χ3n) is 1.03. The molecule has 0 saturated carbocycles. The van der Waals surface area contributed by atoms with Gasteiger partial charge in [-0.3, -0.25) is 0 Å². The number of hydrogen-bond acceptors (Lipinski definition) is 1. The van der Waals surface area contributed by atoms with Crippen molar-refractivity contribution in [1.29, 1.82) is 0 Å². The first-order chi connectivity index (χ1) is 3.83. The van der Waals surface area contributed by atoms with Crippen molar-refractivity contribution in [2.45, 2.75) is 20.4 Å². The van der Waals surface area contributed by atoms with Gasteiger partial charge in [0.15, 0.2) is 12.8 Å². The summed E-state index contributed by atoms with van der Waals surface area (Å²) in [5, 5.41) is 0. The fourth-order valence-electron chi connectivity index (χ4n) is 0.605. The Labute approximate surface area is 48.7 Å². The minimum Gasteiger partial charge on any atom is -0.245 e. The summed E-state index contributed by atoms with van der Waals surface area (Å²) in [6.07, 6.45) is 3.71. The predicted octanol–water partition coefficient (Wildman–Crippen LogP) is 0.895. The molecule has 0 aromatic carbocycles. The van der Waals surface area contributed by atoms with E-state index in [0.717, 1.165) is 6.54 Å². The number of aryl methyl sites for hydroxylation is 2. The van der Waals surface area contributed by atoms with Gasteiger partial charge in [-0.05, 0) is 18.6 Å². The maximum absolute atomic E-state index is 5.03. The van der Waals surface area contributed by atoms with Gasteiger partial charge in [-0.15, -0.1) is 0 Å². The van der Waals surface area contributed by atoms with Crippen molar-refractivity contribution < 1.29 is 9.26 Å². The second-order valence-corrected chi connectivity index (χ2v) is 1.83. The van der Waals surface area contributed by atoms with E-state index in [-0.39, 0.29) is 0 Å². The first-order valence-corrected chi connectivity index (χ1v) is 2.78. The van der Waals surface area contributed by atoms with Crippen molar-refractivity contribution in [2.75, 3.05) is 0 Å². The van der Waals surface area contributed by atoms with Crippen LogP contribution in [0.25, 0.3) is 0 Å². The maximum atomic E-state index is 5.03. The summed E-state index contributed by atoms with van der Waals surface area (Å²) >= 11 is 0. The molecule has 0 fully saturated rings. The van der Waals surface area contributed by atoms with Gasteiger partial charge in [0.1, 0.15) is 0 Å². The summed E-state index contributed by atoms with van der Waals surface area (Å²) in [6.45, 7) is 4.96. The molecular weight excluding hydrogens is 102 g/mol. The van der Waals surface area contributed by atoms with Gasteiger partial charge >= 0.3 is 0 Å². The maximum Gasteiger partial charge on any atom is 0.222 e. The molecule has 44 valence electrons. The number of hydrogen-bond donors (Lipinski definition) is 0. The van der Waals surface area contributed by atoms with Gasteiger partial charge in [-0.1, -0.05) is 0 Å². The quantitative estimate of drug-likeness (QED) is 0.493. The van der Waals surface area contributed by atoms with Crippen LogP contribution in [0.2, 0.25) is 0 Å². The average molecular weight is 112 g/mol. The van der Waals surface area contributed by atoms with Crippen LogP contribution in [0.5, 0.6) is 0 Å². The fraction of sp³-hybridized carbons (Fsp3) is 0.500. The first kappa shape index (κ1) is 5.35. The van der Waals surface area contributed by atoms with Crippen LogP contribution in [-0.4, -0.2) is 0 Å². The zero-order valence-electron chi connectivity index (χ0n) is 5.22. The topological polar surface area (TPSA) is 17.0 Å². The Hall–Kier alpha value is -0.790. The molecule has 0 amide bonds. The van der Waals surface area contributed by atoms with E-state index >= 15 is 0 Å². The van der Waals surface area contributed by atoms with Gasteiger partial charge < -0.3 is 0 Å². The van der Waals surface area contributed by atoms with Crippen LogP contribution in [0.1, 0.15) is 12.5 Å². The van der Waals surface area contributed by atoms with Crippen LogP contribution >= 0.6 is 0 Å². The van der Waals surface area contributed by atoms with E-state index in [1.54, 1.807) is 11.0 Å². The first-order valence-electron chi connectivity index (χ1n) is 2.78. The van der Waals surface area contributed by atoms with Crippen LogP contribution in [-0.2, 0) is 6.54 Å². The Bertz CT molecular complexity index is 169. The zero-order valence-corrected chi connectivity index (χ0v) is 5.22. The summed E-state index contributed by atoms with van der Waals surface area (Å²) in [6, 6.07) is 0. The average Bonchev–Trinajstić information content (AvgIpc) is 2.14. The van der Waals surface area contributed by atoms with Crippen LogP contribution in [0.15, 0.2) is 17.0 Å². The largest absolute Gasteiger partial charge is 0.245 e. The molecule has 0 unspecified atom stereocenters. The molecule has 0 aliphatic carbocycles. The molecule has 8 heavy (non-hydrogen) atoms. The molecular formula is C6H10NO+. The van der Waals surface area contributed by atoms with Gasteiger partial charge in [0.25, 0.3) is 0 Å². The third kappa shape index (κ3) is 0.886. The van der Waals surface area contributed by atoms with Gasteiger partial charge in [0.05, 0.1) is 5.56 Å². The third-order valence-corrected chi connectivity index (χ3v) is 1.03. The van der Waals surface area contributed by atoms with Crippen molar-refractivity contribution in [3.8, 4) is 0 Å². The Morgan fingerprint density at radius 1 is 1.75 bits per heavy atom. The Morgan fingerprint density at radius 3 is 2.75 bits per heavy atom. The zero-order chi connectivity index (χ0) is 5.98. The molecule has 0 spiro atoms. The van der Waals surface area contributed by atoms with Crippen molar-refractivity contribution in [3.63, 3.8) is 0 Å². The van der Waals surface area contributed by atoms with Crippen LogP contribution < -0.4 is 4.74 Å². The number of rotatable bonds is 1. The summed E-state index contributed by atoms with van der Waals surface area (Å²) in [4.78, 5) is 0. The molecule has 0 radical (unpaired) electrons. The van der Waals surface area contributed by atoms with E-state index in [1.165, 1.54) is 5.56 Å². The Kier molecular flexibility index (Phi) is 1.33. The highest BCUT2D eigenvalue weighted by Crippen LogP contribution is 1.88. The Morgan fingerprint density at radius 2 is 2.50 bits per heavy atom. The molecule has 2 nitrogen and oxygen atoms in total. The smallest absolute Gasteiger partial charge is 0.222 e. The lowest BCUT2D eigenvalue weighted by Crippen LogP contribution is -2.27. The monoisotopic (exact) mass is 112 g/mol. The molecule has 0 bridgehead atoms. The molecule has 0 aliphatic rings. The lowest BCUT2D eigenvalue weighted by atomic mass is 10.4.